The molecule has 1 N–H and O–H groups in total. The van der Waals surface area contributed by atoms with Gasteiger partial charge in [0.05, 0.1) is 19.2 Å². The van der Waals surface area contributed by atoms with Crippen molar-refractivity contribution < 1.29 is 19.1 Å². The number of anilines is 1. The number of ether oxygens (including phenoxy) is 1. The van der Waals surface area contributed by atoms with Crippen molar-refractivity contribution in [3.63, 3.8) is 0 Å². The number of methoxy groups -OCH3 is 1. The van der Waals surface area contributed by atoms with Gasteiger partial charge in [-0.15, -0.1) is 0 Å². The van der Waals surface area contributed by atoms with Crippen LogP contribution in [0.25, 0.3) is 10.9 Å². The predicted octanol–water partition coefficient (Wildman–Crippen LogP) is 3.14. The van der Waals surface area contributed by atoms with Crippen LogP contribution >= 0.6 is 0 Å². The summed E-state index contributed by atoms with van der Waals surface area (Å²) in [5, 5.41) is 3.60. The number of nitrogens with zero attached hydrogens (tertiary/aromatic N) is 2. The highest BCUT2D eigenvalue weighted by molar-refractivity contribution is 6.04. The second-order valence-electron chi connectivity index (χ2n) is 7.24. The lowest BCUT2D eigenvalue weighted by atomic mass is 10.1. The Labute approximate surface area is 175 Å². The van der Waals surface area contributed by atoms with Crippen molar-refractivity contribution in [1.82, 2.24) is 9.47 Å². The summed E-state index contributed by atoms with van der Waals surface area (Å²) in [4.78, 5) is 38.6. The molecule has 0 saturated heterocycles. The van der Waals surface area contributed by atoms with Gasteiger partial charge in [-0.2, -0.15) is 0 Å². The van der Waals surface area contributed by atoms with E-state index in [-0.39, 0.29) is 24.9 Å². The quantitative estimate of drug-likeness (QED) is 0.637. The zero-order valence-corrected chi connectivity index (χ0v) is 17.6. The molecular weight excluding hydrogens is 382 g/mol. The molecule has 7 nitrogen and oxygen atoms in total. The summed E-state index contributed by atoms with van der Waals surface area (Å²) in [6.45, 7) is 3.78. The van der Waals surface area contributed by atoms with Crippen molar-refractivity contribution in [2.24, 2.45) is 0 Å². The van der Waals surface area contributed by atoms with Crippen LogP contribution in [0.3, 0.4) is 0 Å². The topological polar surface area (TPSA) is 80.6 Å². The molecule has 0 unspecified atom stereocenters. The molecule has 0 radical (unpaired) electrons. The van der Waals surface area contributed by atoms with Crippen molar-refractivity contribution in [3.8, 4) is 0 Å². The van der Waals surface area contributed by atoms with E-state index in [1.807, 2.05) is 56.3 Å². The normalized spacial score (nSPS) is 10.7. The second-order valence-corrected chi connectivity index (χ2v) is 7.24. The maximum absolute atomic E-state index is 12.7. The van der Waals surface area contributed by atoms with Crippen molar-refractivity contribution in [2.75, 3.05) is 26.0 Å². The first-order valence-corrected chi connectivity index (χ1v) is 9.58. The Balaban J connectivity index is 1.72. The van der Waals surface area contributed by atoms with Crippen molar-refractivity contribution >= 4 is 34.4 Å². The lowest BCUT2D eigenvalue weighted by molar-refractivity contribution is -0.133. The minimum absolute atomic E-state index is 0.00464. The third-order valence-corrected chi connectivity index (χ3v) is 5.05. The summed E-state index contributed by atoms with van der Waals surface area (Å²) in [7, 11) is 2.90. The number of benzene rings is 2. The largest absolute Gasteiger partial charge is 0.465 e. The van der Waals surface area contributed by atoms with Gasteiger partial charge >= 0.3 is 5.97 Å². The number of fused-ring (bicyclic) bond motifs is 1. The summed E-state index contributed by atoms with van der Waals surface area (Å²) in [5.41, 5.74) is 3.84. The van der Waals surface area contributed by atoms with Gasteiger partial charge in [0.15, 0.2) is 0 Å². The van der Waals surface area contributed by atoms with Gasteiger partial charge in [0.2, 0.25) is 11.8 Å². The van der Waals surface area contributed by atoms with Crippen LogP contribution in [0.5, 0.6) is 0 Å². The molecular formula is C23H25N3O4. The maximum Gasteiger partial charge on any atom is 0.340 e. The standard InChI is InChI=1S/C23H25N3O4/c1-15-8-7-9-16(2)22(15)24-20(27)13-25(3)21(28)14-26-12-18(23(29)30-4)17-10-5-6-11-19(17)26/h5-12H,13-14H2,1-4H3,(H,24,27). The van der Waals surface area contributed by atoms with Gasteiger partial charge in [-0.3, -0.25) is 9.59 Å². The zero-order chi connectivity index (χ0) is 21.8. The number of hydrogen-bond acceptors (Lipinski definition) is 4. The van der Waals surface area contributed by atoms with E-state index in [9.17, 15) is 14.4 Å². The molecule has 0 saturated carbocycles. The van der Waals surface area contributed by atoms with Crippen LogP contribution < -0.4 is 5.32 Å². The number of hydrogen-bond donors (Lipinski definition) is 1. The average Bonchev–Trinajstić information content (AvgIpc) is 3.08. The molecule has 0 aliphatic carbocycles. The van der Waals surface area contributed by atoms with E-state index in [0.29, 0.717) is 10.9 Å². The molecule has 3 rings (SSSR count). The highest BCUT2D eigenvalue weighted by Crippen LogP contribution is 2.22. The molecule has 1 aromatic heterocycles. The Kier molecular flexibility index (Phi) is 6.20. The third kappa shape index (κ3) is 4.35. The number of aryl methyl sites for hydroxylation is 2. The molecule has 0 bridgehead atoms. The van der Waals surface area contributed by atoms with Gasteiger partial charge in [0.25, 0.3) is 0 Å². The predicted molar refractivity (Wildman–Crippen MR) is 115 cm³/mol. The molecule has 0 fully saturated rings. The molecule has 30 heavy (non-hydrogen) atoms. The Hall–Kier alpha value is -3.61. The first-order valence-electron chi connectivity index (χ1n) is 9.58. The van der Waals surface area contributed by atoms with E-state index in [0.717, 1.165) is 22.3 Å². The van der Waals surface area contributed by atoms with Gasteiger partial charge in [0, 0.05) is 29.8 Å². The number of rotatable bonds is 6. The van der Waals surface area contributed by atoms with Gasteiger partial charge in [-0.25, -0.2) is 4.79 Å². The molecule has 0 spiro atoms. The van der Waals surface area contributed by atoms with Crippen LogP contribution in [0, 0.1) is 13.8 Å². The van der Waals surface area contributed by atoms with Gasteiger partial charge in [0.1, 0.15) is 6.54 Å². The highest BCUT2D eigenvalue weighted by atomic mass is 16.5. The molecule has 0 aliphatic rings. The van der Waals surface area contributed by atoms with Crippen molar-refractivity contribution in [1.29, 1.82) is 0 Å². The maximum atomic E-state index is 12.7. The number of esters is 1. The van der Waals surface area contributed by atoms with Crippen molar-refractivity contribution in [2.45, 2.75) is 20.4 Å². The summed E-state index contributed by atoms with van der Waals surface area (Å²) in [5.74, 6) is -0.974. The summed E-state index contributed by atoms with van der Waals surface area (Å²) < 4.78 is 6.54. The Morgan fingerprint density at radius 3 is 2.37 bits per heavy atom. The SMILES string of the molecule is COC(=O)c1cn(CC(=O)N(C)CC(=O)Nc2c(C)cccc2C)c2ccccc12. The Morgan fingerprint density at radius 1 is 1.03 bits per heavy atom. The number of likely N-dealkylation sites (N-methyl/N-ethyl adjacent to an activating group) is 1. The van der Waals surface area contributed by atoms with Gasteiger partial charge < -0.3 is 19.5 Å². The number of para-hydroxylation sites is 2. The molecule has 3 aromatic rings. The smallest absolute Gasteiger partial charge is 0.340 e. The molecule has 2 aromatic carbocycles. The van der Waals surface area contributed by atoms with E-state index in [4.69, 9.17) is 4.74 Å². The first kappa shape index (κ1) is 21.1. The second kappa shape index (κ2) is 8.82. The van der Waals surface area contributed by atoms with Crippen LogP contribution in [0.15, 0.2) is 48.7 Å². The lowest BCUT2D eigenvalue weighted by Gasteiger charge is -2.18. The minimum atomic E-state index is -0.460. The fourth-order valence-electron chi connectivity index (χ4n) is 3.41. The Bertz CT molecular complexity index is 1100. The van der Waals surface area contributed by atoms with Gasteiger partial charge in [-0.05, 0) is 31.0 Å². The van der Waals surface area contributed by atoms with Crippen molar-refractivity contribution in [3.05, 3.63) is 65.4 Å². The van der Waals surface area contributed by atoms with Crippen LogP contribution in [0.1, 0.15) is 21.5 Å². The van der Waals surface area contributed by atoms with E-state index in [2.05, 4.69) is 5.32 Å². The number of carbonyl (C=O) groups is 3. The Morgan fingerprint density at radius 2 is 1.70 bits per heavy atom. The van der Waals surface area contributed by atoms with Crippen LogP contribution in [-0.2, 0) is 20.9 Å². The summed E-state index contributed by atoms with van der Waals surface area (Å²) in [6.07, 6.45) is 1.61. The third-order valence-electron chi connectivity index (χ3n) is 5.05. The number of aromatic nitrogens is 1. The summed E-state index contributed by atoms with van der Waals surface area (Å²) in [6, 6.07) is 13.1. The fourth-order valence-corrected chi connectivity index (χ4v) is 3.41. The number of carbonyl (C=O) groups excluding carboxylic acids is 3. The zero-order valence-electron chi connectivity index (χ0n) is 17.6. The minimum Gasteiger partial charge on any atom is -0.465 e. The highest BCUT2D eigenvalue weighted by Gasteiger charge is 2.19. The molecule has 0 atom stereocenters. The van der Waals surface area contributed by atoms with Gasteiger partial charge in [-0.1, -0.05) is 36.4 Å². The molecule has 156 valence electrons. The lowest BCUT2D eigenvalue weighted by Crippen LogP contribution is -2.37. The van der Waals surface area contributed by atoms with E-state index >= 15 is 0 Å². The first-order chi connectivity index (χ1) is 14.3. The van der Waals surface area contributed by atoms with E-state index in [1.54, 1.807) is 17.8 Å². The monoisotopic (exact) mass is 407 g/mol. The fraction of sp³-hybridized carbons (Fsp3) is 0.261. The van der Waals surface area contributed by atoms with Crippen LogP contribution in [-0.4, -0.2) is 48.0 Å². The number of amides is 2. The molecule has 7 heteroatoms. The van der Waals surface area contributed by atoms with Crippen LogP contribution in [0.2, 0.25) is 0 Å². The average molecular weight is 407 g/mol. The van der Waals surface area contributed by atoms with Crippen LogP contribution in [0.4, 0.5) is 5.69 Å². The van der Waals surface area contributed by atoms with E-state index in [1.165, 1.54) is 12.0 Å². The molecule has 0 aliphatic heterocycles. The van der Waals surface area contributed by atoms with E-state index < -0.39 is 5.97 Å². The molecule has 2 amide bonds. The molecule has 1 heterocycles. The summed E-state index contributed by atoms with van der Waals surface area (Å²) >= 11 is 0. The number of nitrogens with one attached hydrogen (secondary N) is 1.